The molecule has 0 atom stereocenters. The van der Waals surface area contributed by atoms with Gasteiger partial charge in [-0.2, -0.15) is 5.10 Å². The number of thioether (sulfide) groups is 1. The number of rotatable bonds is 7. The summed E-state index contributed by atoms with van der Waals surface area (Å²) < 4.78 is 1.91. The van der Waals surface area contributed by atoms with Gasteiger partial charge in [-0.3, -0.25) is 9.59 Å². The number of nitrogens with one attached hydrogen (secondary N) is 1. The quantitative estimate of drug-likeness (QED) is 0.552. The standard InChI is InChI=1S/C25H28N4O2S/c1-18-22(19(2)29(27-18)20-10-4-3-5-11-20)16-26-25(31)21-12-6-7-13-23(21)32-17-24(30)28-14-8-9-15-28/h3-7,10-13H,8-9,14-17H2,1-2H3,(H,26,31). The molecule has 0 bridgehead atoms. The number of aryl methyl sites for hydroxylation is 1. The first-order chi connectivity index (χ1) is 15.5. The van der Waals surface area contributed by atoms with Gasteiger partial charge in [-0.1, -0.05) is 30.3 Å². The fourth-order valence-electron chi connectivity index (χ4n) is 3.99. The molecule has 0 aliphatic carbocycles. The predicted molar refractivity (Wildman–Crippen MR) is 127 cm³/mol. The van der Waals surface area contributed by atoms with Crippen LogP contribution in [0.1, 0.15) is 40.2 Å². The number of nitrogens with zero attached hydrogens (tertiary/aromatic N) is 3. The lowest BCUT2D eigenvalue weighted by atomic mass is 10.1. The third-order valence-electron chi connectivity index (χ3n) is 5.81. The molecule has 1 aliphatic rings. The highest BCUT2D eigenvalue weighted by atomic mass is 32.2. The smallest absolute Gasteiger partial charge is 0.252 e. The van der Waals surface area contributed by atoms with Gasteiger partial charge in [-0.05, 0) is 51.0 Å². The molecule has 1 aromatic heterocycles. The molecule has 3 aromatic rings. The van der Waals surface area contributed by atoms with Crippen molar-refractivity contribution in [2.45, 2.75) is 38.1 Å². The van der Waals surface area contributed by atoms with E-state index in [0.717, 1.165) is 53.5 Å². The molecule has 0 saturated carbocycles. The fraction of sp³-hybridized carbons (Fsp3) is 0.320. The lowest BCUT2D eigenvalue weighted by Gasteiger charge is -2.15. The van der Waals surface area contributed by atoms with Gasteiger partial charge in [0.05, 0.1) is 22.7 Å². The molecule has 2 aromatic carbocycles. The largest absolute Gasteiger partial charge is 0.348 e. The lowest BCUT2D eigenvalue weighted by molar-refractivity contribution is -0.127. The van der Waals surface area contributed by atoms with Gasteiger partial charge in [0, 0.05) is 35.8 Å². The summed E-state index contributed by atoms with van der Waals surface area (Å²) in [7, 11) is 0. The van der Waals surface area contributed by atoms with E-state index in [2.05, 4.69) is 10.4 Å². The van der Waals surface area contributed by atoms with Crippen LogP contribution in [0.15, 0.2) is 59.5 Å². The summed E-state index contributed by atoms with van der Waals surface area (Å²) in [5.74, 6) is 0.349. The maximum absolute atomic E-state index is 13.0. The molecule has 4 rings (SSSR count). The minimum absolute atomic E-state index is 0.141. The second-order valence-electron chi connectivity index (χ2n) is 7.95. The number of carbonyl (C=O) groups excluding carboxylic acids is 2. The highest BCUT2D eigenvalue weighted by molar-refractivity contribution is 8.00. The minimum Gasteiger partial charge on any atom is -0.348 e. The zero-order valence-corrected chi connectivity index (χ0v) is 19.3. The van der Waals surface area contributed by atoms with Crippen LogP contribution in [0.2, 0.25) is 0 Å². The van der Waals surface area contributed by atoms with Crippen molar-refractivity contribution < 1.29 is 9.59 Å². The monoisotopic (exact) mass is 448 g/mol. The summed E-state index contributed by atoms with van der Waals surface area (Å²) in [5, 5.41) is 7.70. The van der Waals surface area contributed by atoms with E-state index in [1.54, 1.807) is 0 Å². The molecule has 2 heterocycles. The Morgan fingerprint density at radius 1 is 1.00 bits per heavy atom. The van der Waals surface area contributed by atoms with Crippen molar-refractivity contribution in [3.63, 3.8) is 0 Å². The number of aromatic nitrogens is 2. The highest BCUT2D eigenvalue weighted by Crippen LogP contribution is 2.24. The lowest BCUT2D eigenvalue weighted by Crippen LogP contribution is -2.29. The molecule has 32 heavy (non-hydrogen) atoms. The zero-order valence-electron chi connectivity index (χ0n) is 18.5. The van der Waals surface area contributed by atoms with Gasteiger partial charge in [0.15, 0.2) is 0 Å². The summed E-state index contributed by atoms with van der Waals surface area (Å²) in [6.45, 7) is 6.06. The number of benzene rings is 2. The number of hydrogen-bond acceptors (Lipinski definition) is 4. The van der Waals surface area contributed by atoms with Crippen LogP contribution < -0.4 is 5.32 Å². The van der Waals surface area contributed by atoms with Gasteiger partial charge in [-0.15, -0.1) is 11.8 Å². The van der Waals surface area contributed by atoms with Crippen molar-refractivity contribution in [3.05, 3.63) is 77.1 Å². The molecule has 0 unspecified atom stereocenters. The highest BCUT2D eigenvalue weighted by Gasteiger charge is 2.20. The van der Waals surface area contributed by atoms with E-state index in [-0.39, 0.29) is 11.8 Å². The van der Waals surface area contributed by atoms with Crippen LogP contribution >= 0.6 is 11.8 Å². The van der Waals surface area contributed by atoms with Crippen LogP contribution in [0, 0.1) is 13.8 Å². The van der Waals surface area contributed by atoms with Gasteiger partial charge < -0.3 is 10.2 Å². The summed E-state index contributed by atoms with van der Waals surface area (Å²) in [5.41, 5.74) is 4.50. The molecule has 1 N–H and O–H groups in total. The van der Waals surface area contributed by atoms with Gasteiger partial charge in [0.25, 0.3) is 5.91 Å². The number of amides is 2. The first-order valence-corrected chi connectivity index (χ1v) is 11.9. The molecule has 0 radical (unpaired) electrons. The van der Waals surface area contributed by atoms with E-state index in [0.29, 0.717) is 17.9 Å². The Bertz CT molecular complexity index is 1100. The summed E-state index contributed by atoms with van der Waals surface area (Å²) >= 11 is 1.43. The van der Waals surface area contributed by atoms with Crippen molar-refractivity contribution in [1.29, 1.82) is 0 Å². The Morgan fingerprint density at radius 3 is 2.44 bits per heavy atom. The van der Waals surface area contributed by atoms with Crippen molar-refractivity contribution in [2.75, 3.05) is 18.8 Å². The third-order valence-corrected chi connectivity index (χ3v) is 6.87. The van der Waals surface area contributed by atoms with Gasteiger partial charge in [0.2, 0.25) is 5.91 Å². The molecule has 2 amide bonds. The molecule has 166 valence electrons. The van der Waals surface area contributed by atoms with Crippen LogP contribution in [0.25, 0.3) is 5.69 Å². The Labute approximate surface area is 193 Å². The summed E-state index contributed by atoms with van der Waals surface area (Å²) in [6, 6.07) is 17.4. The Morgan fingerprint density at radius 2 is 1.69 bits per heavy atom. The summed E-state index contributed by atoms with van der Waals surface area (Å²) in [4.78, 5) is 28.1. The maximum Gasteiger partial charge on any atom is 0.252 e. The Kier molecular flexibility index (Phi) is 6.95. The van der Waals surface area contributed by atoms with E-state index >= 15 is 0 Å². The Hall–Kier alpha value is -3.06. The molecular formula is C25H28N4O2S. The van der Waals surface area contributed by atoms with Crippen molar-refractivity contribution in [2.24, 2.45) is 0 Å². The van der Waals surface area contributed by atoms with Gasteiger partial charge in [-0.25, -0.2) is 4.68 Å². The topological polar surface area (TPSA) is 67.2 Å². The van der Waals surface area contributed by atoms with Gasteiger partial charge >= 0.3 is 0 Å². The molecule has 1 fully saturated rings. The number of para-hydroxylation sites is 1. The van der Waals surface area contributed by atoms with E-state index < -0.39 is 0 Å². The first kappa shape index (κ1) is 22.1. The van der Waals surface area contributed by atoms with E-state index in [1.807, 2.05) is 78.0 Å². The third kappa shape index (κ3) is 4.88. The van der Waals surface area contributed by atoms with E-state index in [4.69, 9.17) is 0 Å². The van der Waals surface area contributed by atoms with Crippen LogP contribution in [-0.2, 0) is 11.3 Å². The fourth-order valence-corrected chi connectivity index (χ4v) is 4.95. The minimum atomic E-state index is -0.145. The number of likely N-dealkylation sites (tertiary alicyclic amines) is 1. The molecule has 7 heteroatoms. The van der Waals surface area contributed by atoms with Crippen LogP contribution in [0.4, 0.5) is 0 Å². The number of hydrogen-bond donors (Lipinski definition) is 1. The molecule has 6 nitrogen and oxygen atoms in total. The second-order valence-corrected chi connectivity index (χ2v) is 8.97. The van der Waals surface area contributed by atoms with Gasteiger partial charge in [0.1, 0.15) is 0 Å². The van der Waals surface area contributed by atoms with Crippen molar-refractivity contribution >= 4 is 23.6 Å². The average Bonchev–Trinajstić information content (AvgIpc) is 3.45. The molecule has 1 saturated heterocycles. The average molecular weight is 449 g/mol. The van der Waals surface area contributed by atoms with Crippen LogP contribution in [-0.4, -0.2) is 45.3 Å². The molecular weight excluding hydrogens is 420 g/mol. The normalized spacial score (nSPS) is 13.4. The predicted octanol–water partition coefficient (Wildman–Crippen LogP) is 4.13. The SMILES string of the molecule is Cc1nn(-c2ccccc2)c(C)c1CNC(=O)c1ccccc1SCC(=O)N1CCCC1. The zero-order chi connectivity index (χ0) is 22.5. The van der Waals surface area contributed by atoms with Crippen LogP contribution in [0.5, 0.6) is 0 Å². The van der Waals surface area contributed by atoms with E-state index in [9.17, 15) is 9.59 Å². The maximum atomic E-state index is 13.0. The second kappa shape index (κ2) is 10.0. The molecule has 0 spiro atoms. The van der Waals surface area contributed by atoms with Crippen molar-refractivity contribution in [3.8, 4) is 5.69 Å². The number of carbonyl (C=O) groups is 2. The summed E-state index contributed by atoms with van der Waals surface area (Å²) in [6.07, 6.45) is 2.16. The molecule has 1 aliphatic heterocycles. The van der Waals surface area contributed by atoms with E-state index in [1.165, 1.54) is 11.8 Å². The Balaban J connectivity index is 1.43. The van der Waals surface area contributed by atoms with Crippen molar-refractivity contribution in [1.82, 2.24) is 20.0 Å². The van der Waals surface area contributed by atoms with Crippen LogP contribution in [0.3, 0.4) is 0 Å². The first-order valence-electron chi connectivity index (χ1n) is 10.9.